The van der Waals surface area contributed by atoms with Gasteiger partial charge in [0.1, 0.15) is 12.3 Å². The molecule has 2 amide bonds. The molecule has 0 N–H and O–H groups in total. The van der Waals surface area contributed by atoms with Crippen LogP contribution in [-0.4, -0.2) is 61.4 Å². The number of carbonyl (C=O) groups excluding carboxylic acids is 2. The van der Waals surface area contributed by atoms with Gasteiger partial charge in [-0.3, -0.25) is 14.5 Å². The van der Waals surface area contributed by atoms with Gasteiger partial charge in [0.05, 0.1) is 21.8 Å². The highest BCUT2D eigenvalue weighted by molar-refractivity contribution is 6.42. The number of rotatable bonds is 7. The van der Waals surface area contributed by atoms with Gasteiger partial charge in [-0.05, 0) is 48.7 Å². The number of amides is 2. The Hall–Kier alpha value is -3.33. The summed E-state index contributed by atoms with van der Waals surface area (Å²) in [6.07, 6.45) is 5.22. The summed E-state index contributed by atoms with van der Waals surface area (Å²) in [6, 6.07) is 14.5. The van der Waals surface area contributed by atoms with Gasteiger partial charge in [0.25, 0.3) is 5.91 Å². The van der Waals surface area contributed by atoms with Crippen LogP contribution >= 0.6 is 23.2 Å². The number of hydrogen-bond donors (Lipinski definition) is 0. The maximum atomic E-state index is 13.6. The van der Waals surface area contributed by atoms with Crippen molar-refractivity contribution in [2.24, 2.45) is 0 Å². The van der Waals surface area contributed by atoms with Crippen LogP contribution in [0.15, 0.2) is 60.9 Å². The van der Waals surface area contributed by atoms with E-state index in [4.69, 9.17) is 27.9 Å². The maximum absolute atomic E-state index is 13.6. The van der Waals surface area contributed by atoms with Crippen molar-refractivity contribution in [2.45, 2.75) is 18.9 Å². The van der Waals surface area contributed by atoms with Crippen LogP contribution in [0.1, 0.15) is 24.4 Å². The van der Waals surface area contributed by atoms with Gasteiger partial charge in [-0.25, -0.2) is 0 Å². The molecule has 0 spiro atoms. The van der Waals surface area contributed by atoms with Crippen molar-refractivity contribution in [3.63, 3.8) is 0 Å². The molecule has 1 aromatic heterocycles. The lowest BCUT2D eigenvalue weighted by Gasteiger charge is -2.35. The van der Waals surface area contributed by atoms with E-state index in [2.05, 4.69) is 4.90 Å². The normalized spacial score (nSPS) is 16.2. The van der Waals surface area contributed by atoms with Crippen molar-refractivity contribution in [3.05, 3.63) is 81.7 Å². The van der Waals surface area contributed by atoms with Gasteiger partial charge in [-0.2, -0.15) is 4.73 Å². The lowest BCUT2D eigenvalue weighted by Crippen LogP contribution is -2.47. The molecule has 1 unspecified atom stereocenters. The van der Waals surface area contributed by atoms with E-state index in [1.165, 1.54) is 17.3 Å². The van der Waals surface area contributed by atoms with E-state index in [0.717, 1.165) is 47.4 Å². The highest BCUT2D eigenvalue weighted by Crippen LogP contribution is 2.39. The van der Waals surface area contributed by atoms with E-state index in [-0.39, 0.29) is 36.0 Å². The number of likely N-dealkylation sites (tertiary alicyclic amines) is 1. The van der Waals surface area contributed by atoms with Crippen LogP contribution in [0.5, 0.6) is 5.75 Å². The molecule has 38 heavy (non-hydrogen) atoms. The zero-order chi connectivity index (χ0) is 26.8. The fraction of sp³-hybridized carbons (Fsp3) is 0.321. The van der Waals surface area contributed by atoms with E-state index in [0.29, 0.717) is 23.0 Å². The first kappa shape index (κ1) is 26.3. The summed E-state index contributed by atoms with van der Waals surface area (Å²) in [5.74, 6) is -0.101. The van der Waals surface area contributed by atoms with Crippen molar-refractivity contribution in [2.75, 3.05) is 44.7 Å². The van der Waals surface area contributed by atoms with E-state index >= 15 is 0 Å². The van der Waals surface area contributed by atoms with Crippen molar-refractivity contribution < 1.29 is 19.1 Å². The highest BCUT2D eigenvalue weighted by Gasteiger charge is 2.32. The molecule has 2 aliphatic rings. The number of carbonyl (C=O) groups is 2. The Morgan fingerprint density at radius 1 is 1.05 bits per heavy atom. The number of hydrogen-bond acceptors (Lipinski definition) is 5. The summed E-state index contributed by atoms with van der Waals surface area (Å²) in [4.78, 5) is 31.9. The molecular weight excluding hydrogens is 527 g/mol. The molecule has 1 atom stereocenters. The van der Waals surface area contributed by atoms with Crippen LogP contribution in [0.3, 0.4) is 0 Å². The smallest absolute Gasteiger partial charge is 0.265 e. The van der Waals surface area contributed by atoms with Gasteiger partial charge in [-0.15, -0.1) is 0 Å². The Morgan fingerprint density at radius 3 is 2.37 bits per heavy atom. The monoisotopic (exact) mass is 554 g/mol. The van der Waals surface area contributed by atoms with Crippen molar-refractivity contribution in [3.8, 4) is 16.9 Å². The third-order valence-electron chi connectivity index (χ3n) is 7.16. The standard InChI is InChI=1S/C28H28Cl2N4O4/c1-31(27(35)17-34-24-14-22(29)23(30)15-26(24)38-18-28(34)36)25(16-32-10-2-3-11-32)21-6-4-19(5-7-21)20-8-12-33(37)13-9-20/h4-9,12-15,25H,2-3,10-11,16-18H2,1H3. The van der Waals surface area contributed by atoms with Crippen molar-refractivity contribution in [1.29, 1.82) is 0 Å². The lowest BCUT2D eigenvalue weighted by molar-refractivity contribution is -0.605. The molecule has 10 heteroatoms. The SMILES string of the molecule is CN(C(=O)CN1C(=O)COc2cc(Cl)c(Cl)cc21)C(CN1CCCC1)c1ccc(-c2cc[n+]([O-])cc2)cc1. The zero-order valence-corrected chi connectivity index (χ0v) is 22.5. The summed E-state index contributed by atoms with van der Waals surface area (Å²) in [7, 11) is 1.78. The number of aromatic nitrogens is 1. The average Bonchev–Trinajstić information content (AvgIpc) is 3.44. The van der Waals surface area contributed by atoms with Crippen LogP contribution < -0.4 is 14.4 Å². The van der Waals surface area contributed by atoms with Crippen molar-refractivity contribution in [1.82, 2.24) is 9.80 Å². The number of likely N-dealkylation sites (N-methyl/N-ethyl adjacent to an activating group) is 1. The van der Waals surface area contributed by atoms with E-state index < -0.39 is 0 Å². The third kappa shape index (κ3) is 5.57. The highest BCUT2D eigenvalue weighted by atomic mass is 35.5. The first-order valence-electron chi connectivity index (χ1n) is 12.5. The number of halogens is 2. The fourth-order valence-corrected chi connectivity index (χ4v) is 5.27. The van der Waals surface area contributed by atoms with E-state index in [1.807, 2.05) is 24.3 Å². The molecule has 3 aromatic rings. The van der Waals surface area contributed by atoms with Crippen LogP contribution in [-0.2, 0) is 9.59 Å². The van der Waals surface area contributed by atoms with Crippen LogP contribution in [0.25, 0.3) is 11.1 Å². The fourth-order valence-electron chi connectivity index (χ4n) is 4.95. The molecular formula is C28H28Cl2N4O4. The minimum Gasteiger partial charge on any atom is -0.619 e. The average molecular weight is 555 g/mol. The quantitative estimate of drug-likeness (QED) is 0.321. The van der Waals surface area contributed by atoms with Crippen LogP contribution in [0.2, 0.25) is 10.0 Å². The summed E-state index contributed by atoms with van der Waals surface area (Å²) < 4.78 is 6.27. The Balaban J connectivity index is 1.39. The van der Waals surface area contributed by atoms with E-state index in [1.54, 1.807) is 36.2 Å². The molecule has 0 saturated carbocycles. The Morgan fingerprint density at radius 2 is 1.68 bits per heavy atom. The predicted molar refractivity (Wildman–Crippen MR) is 146 cm³/mol. The molecule has 198 valence electrons. The predicted octanol–water partition coefficient (Wildman–Crippen LogP) is 4.31. The largest absolute Gasteiger partial charge is 0.619 e. The Bertz CT molecular complexity index is 1330. The number of ether oxygens (including phenoxy) is 1. The second-order valence-electron chi connectivity index (χ2n) is 9.60. The molecule has 8 nitrogen and oxygen atoms in total. The lowest BCUT2D eigenvalue weighted by atomic mass is 10.00. The van der Waals surface area contributed by atoms with Gasteiger partial charge in [0.2, 0.25) is 5.91 Å². The topological polar surface area (TPSA) is 80.0 Å². The van der Waals surface area contributed by atoms with Gasteiger partial charge in [0.15, 0.2) is 19.0 Å². The summed E-state index contributed by atoms with van der Waals surface area (Å²) in [5.41, 5.74) is 3.34. The molecule has 1 fully saturated rings. The minimum atomic E-state index is -0.319. The number of anilines is 1. The van der Waals surface area contributed by atoms with Crippen LogP contribution in [0, 0.1) is 5.21 Å². The van der Waals surface area contributed by atoms with Gasteiger partial charge in [0, 0.05) is 31.8 Å². The Kier molecular flexibility index (Phi) is 7.74. The number of benzene rings is 2. The van der Waals surface area contributed by atoms with Crippen molar-refractivity contribution >= 4 is 40.7 Å². The minimum absolute atomic E-state index is 0.141. The van der Waals surface area contributed by atoms with Gasteiger partial charge >= 0.3 is 0 Å². The molecule has 2 aromatic carbocycles. The summed E-state index contributed by atoms with van der Waals surface area (Å²) in [6.45, 7) is 2.36. The number of nitrogens with zero attached hydrogens (tertiary/aromatic N) is 4. The number of pyridine rings is 1. The molecule has 2 aliphatic heterocycles. The molecule has 0 radical (unpaired) electrons. The first-order chi connectivity index (χ1) is 18.3. The second-order valence-corrected chi connectivity index (χ2v) is 10.4. The first-order valence-corrected chi connectivity index (χ1v) is 13.2. The molecule has 5 rings (SSSR count). The maximum Gasteiger partial charge on any atom is 0.265 e. The molecule has 0 bridgehead atoms. The second kappa shape index (κ2) is 11.2. The van der Waals surface area contributed by atoms with Gasteiger partial charge < -0.3 is 19.7 Å². The van der Waals surface area contributed by atoms with Crippen LogP contribution in [0.4, 0.5) is 5.69 Å². The van der Waals surface area contributed by atoms with E-state index in [9.17, 15) is 14.8 Å². The molecule has 3 heterocycles. The van der Waals surface area contributed by atoms with Gasteiger partial charge in [-0.1, -0.05) is 47.5 Å². The molecule has 0 aliphatic carbocycles. The molecule has 1 saturated heterocycles. The summed E-state index contributed by atoms with van der Waals surface area (Å²) >= 11 is 12.3. The zero-order valence-electron chi connectivity index (χ0n) is 21.0. The summed E-state index contributed by atoms with van der Waals surface area (Å²) in [5, 5.41) is 12.0. The Labute approximate surface area is 231 Å². The number of fused-ring (bicyclic) bond motifs is 1. The third-order valence-corrected chi connectivity index (χ3v) is 7.88.